The van der Waals surface area contributed by atoms with Gasteiger partial charge in [0.05, 0.1) is 6.10 Å². The number of halogens is 1. The molecule has 2 aromatic rings. The second kappa shape index (κ2) is 6.97. The summed E-state index contributed by atoms with van der Waals surface area (Å²) in [6.07, 6.45) is 0.216. The Morgan fingerprint density at radius 3 is 2.79 bits per heavy atom. The van der Waals surface area contributed by atoms with Crippen LogP contribution in [0.25, 0.3) is 0 Å². The van der Waals surface area contributed by atoms with Gasteiger partial charge in [-0.2, -0.15) is 0 Å². The van der Waals surface area contributed by atoms with Crippen molar-refractivity contribution in [3.8, 4) is 0 Å². The van der Waals surface area contributed by atoms with Gasteiger partial charge in [0, 0.05) is 25.1 Å². The maximum absolute atomic E-state index is 13.8. The Hall–Kier alpha value is -2.47. The minimum absolute atomic E-state index is 0.225. The van der Waals surface area contributed by atoms with Crippen molar-refractivity contribution in [1.29, 1.82) is 0 Å². The van der Waals surface area contributed by atoms with Crippen LogP contribution in [0.2, 0.25) is 0 Å². The fourth-order valence-electron chi connectivity index (χ4n) is 3.09. The van der Waals surface area contributed by atoms with Crippen molar-refractivity contribution in [2.75, 3.05) is 13.1 Å². The number of aliphatic hydroxyl groups excluding tert-OH is 1. The molecule has 1 saturated heterocycles. The number of hydrogen-bond acceptors (Lipinski definition) is 3. The first-order valence-electron chi connectivity index (χ1n) is 7.94. The molecule has 1 aromatic carbocycles. The molecule has 0 bridgehead atoms. The van der Waals surface area contributed by atoms with Crippen LogP contribution in [0.1, 0.15) is 22.5 Å². The molecule has 0 aliphatic carbocycles. The summed E-state index contributed by atoms with van der Waals surface area (Å²) in [6, 6.07) is 10.9. The van der Waals surface area contributed by atoms with Gasteiger partial charge in [-0.15, -0.1) is 0 Å². The van der Waals surface area contributed by atoms with Crippen molar-refractivity contribution in [1.82, 2.24) is 9.88 Å². The van der Waals surface area contributed by atoms with E-state index in [0.717, 1.165) is 0 Å². The third kappa shape index (κ3) is 3.54. The van der Waals surface area contributed by atoms with Crippen LogP contribution in [-0.2, 0) is 6.42 Å². The molecule has 0 radical (unpaired) electrons. The lowest BCUT2D eigenvalue weighted by molar-refractivity contribution is 0.0236. The van der Waals surface area contributed by atoms with Gasteiger partial charge in [-0.3, -0.25) is 9.59 Å². The smallest absolute Gasteiger partial charge is 0.270 e. The Balaban J connectivity index is 1.74. The van der Waals surface area contributed by atoms with Gasteiger partial charge in [0.2, 0.25) is 5.56 Å². The van der Waals surface area contributed by atoms with Crippen LogP contribution in [0, 0.1) is 11.7 Å². The van der Waals surface area contributed by atoms with Gasteiger partial charge in [0.1, 0.15) is 11.5 Å². The number of likely N-dealkylation sites (tertiary alicyclic amines) is 1. The van der Waals surface area contributed by atoms with E-state index in [4.69, 9.17) is 0 Å². The van der Waals surface area contributed by atoms with E-state index in [-0.39, 0.29) is 28.9 Å². The second-order valence-corrected chi connectivity index (χ2v) is 6.09. The zero-order chi connectivity index (χ0) is 17.1. The number of piperidine rings is 1. The normalized spacial score (nSPS) is 20.8. The fraction of sp³-hybridized carbons (Fsp3) is 0.333. The largest absolute Gasteiger partial charge is 0.393 e. The van der Waals surface area contributed by atoms with Crippen molar-refractivity contribution < 1.29 is 14.3 Å². The summed E-state index contributed by atoms with van der Waals surface area (Å²) in [4.78, 5) is 28.0. The zero-order valence-electron chi connectivity index (χ0n) is 13.1. The van der Waals surface area contributed by atoms with Gasteiger partial charge in [0.25, 0.3) is 5.91 Å². The molecule has 5 nitrogen and oxygen atoms in total. The molecule has 1 fully saturated rings. The van der Waals surface area contributed by atoms with E-state index in [1.807, 2.05) is 0 Å². The summed E-state index contributed by atoms with van der Waals surface area (Å²) in [5, 5.41) is 10.2. The molecular weight excluding hydrogens is 311 g/mol. The average molecular weight is 330 g/mol. The molecule has 2 atom stereocenters. The van der Waals surface area contributed by atoms with E-state index < -0.39 is 6.10 Å². The second-order valence-electron chi connectivity index (χ2n) is 6.09. The molecule has 1 aliphatic heterocycles. The lowest BCUT2D eigenvalue weighted by atomic mass is 9.88. The van der Waals surface area contributed by atoms with E-state index in [1.54, 1.807) is 29.2 Å². The first-order chi connectivity index (χ1) is 11.5. The average Bonchev–Trinajstić information content (AvgIpc) is 2.58. The Labute approximate surface area is 138 Å². The molecule has 2 heterocycles. The Morgan fingerprint density at radius 1 is 1.25 bits per heavy atom. The number of nitrogens with zero attached hydrogens (tertiary/aromatic N) is 1. The molecule has 1 aromatic heterocycles. The number of aromatic nitrogens is 1. The molecule has 1 aliphatic rings. The quantitative estimate of drug-likeness (QED) is 0.897. The van der Waals surface area contributed by atoms with Crippen LogP contribution in [0.15, 0.2) is 47.3 Å². The van der Waals surface area contributed by atoms with Crippen LogP contribution in [0.5, 0.6) is 0 Å². The number of hydrogen-bond donors (Lipinski definition) is 2. The number of aliphatic hydroxyl groups is 1. The molecule has 2 N–H and O–H groups in total. The van der Waals surface area contributed by atoms with Gasteiger partial charge in [-0.1, -0.05) is 24.3 Å². The summed E-state index contributed by atoms with van der Waals surface area (Å²) in [5.41, 5.74) is 0.424. The Kier molecular flexibility index (Phi) is 4.76. The molecule has 3 rings (SSSR count). The van der Waals surface area contributed by atoms with E-state index in [9.17, 15) is 19.1 Å². The number of H-pyrrole nitrogens is 1. The molecule has 126 valence electrons. The molecule has 0 unspecified atom stereocenters. The highest BCUT2D eigenvalue weighted by molar-refractivity contribution is 5.92. The SMILES string of the molecule is O=C(c1cccc(=O)[nH]1)N1CC[C@@H](O)[C@H](Cc2ccccc2F)C1. The number of benzene rings is 1. The van der Waals surface area contributed by atoms with Gasteiger partial charge in [0.15, 0.2) is 0 Å². The van der Waals surface area contributed by atoms with Gasteiger partial charge in [-0.05, 0) is 30.5 Å². The van der Waals surface area contributed by atoms with Crippen molar-refractivity contribution in [3.63, 3.8) is 0 Å². The number of pyridine rings is 1. The number of aromatic amines is 1. The van der Waals surface area contributed by atoms with E-state index in [2.05, 4.69) is 4.98 Å². The summed E-state index contributed by atoms with van der Waals surface area (Å²) < 4.78 is 13.8. The van der Waals surface area contributed by atoms with Crippen LogP contribution in [-0.4, -0.2) is 40.1 Å². The molecule has 24 heavy (non-hydrogen) atoms. The van der Waals surface area contributed by atoms with Crippen LogP contribution < -0.4 is 5.56 Å². The summed E-state index contributed by atoms with van der Waals surface area (Å²) >= 11 is 0. The van der Waals surface area contributed by atoms with Crippen LogP contribution in [0.4, 0.5) is 4.39 Å². The van der Waals surface area contributed by atoms with Crippen LogP contribution >= 0.6 is 0 Å². The van der Waals surface area contributed by atoms with Crippen molar-refractivity contribution in [2.45, 2.75) is 18.9 Å². The topological polar surface area (TPSA) is 73.4 Å². The summed E-state index contributed by atoms with van der Waals surface area (Å²) in [5.74, 6) is -0.825. The van der Waals surface area contributed by atoms with Crippen molar-refractivity contribution >= 4 is 5.91 Å². The number of amides is 1. The minimum Gasteiger partial charge on any atom is -0.393 e. The highest BCUT2D eigenvalue weighted by Crippen LogP contribution is 2.23. The molecule has 6 heteroatoms. The van der Waals surface area contributed by atoms with Gasteiger partial charge < -0.3 is 15.0 Å². The lowest BCUT2D eigenvalue weighted by Gasteiger charge is -2.36. The molecule has 0 saturated carbocycles. The predicted molar refractivity (Wildman–Crippen MR) is 87.2 cm³/mol. The van der Waals surface area contributed by atoms with E-state index >= 15 is 0 Å². The molecule has 0 spiro atoms. The standard InChI is InChI=1S/C18H19FN2O3/c19-14-5-2-1-4-12(14)10-13-11-21(9-8-16(13)22)18(24)15-6-3-7-17(23)20-15/h1-7,13,16,22H,8-11H2,(H,20,23)/t13-,16-/m1/s1. The minimum atomic E-state index is -0.580. The lowest BCUT2D eigenvalue weighted by Crippen LogP contribution is -2.47. The Morgan fingerprint density at radius 2 is 2.04 bits per heavy atom. The fourth-order valence-corrected chi connectivity index (χ4v) is 3.09. The van der Waals surface area contributed by atoms with Crippen LogP contribution in [0.3, 0.4) is 0 Å². The number of carbonyl (C=O) groups is 1. The monoisotopic (exact) mass is 330 g/mol. The number of carbonyl (C=O) groups excluding carboxylic acids is 1. The van der Waals surface area contributed by atoms with E-state index in [1.165, 1.54) is 18.2 Å². The first kappa shape index (κ1) is 16.4. The highest BCUT2D eigenvalue weighted by Gasteiger charge is 2.31. The maximum Gasteiger partial charge on any atom is 0.270 e. The van der Waals surface area contributed by atoms with Gasteiger partial charge >= 0.3 is 0 Å². The third-order valence-electron chi connectivity index (χ3n) is 4.42. The molecule has 1 amide bonds. The Bertz CT molecular complexity index is 790. The third-order valence-corrected chi connectivity index (χ3v) is 4.42. The predicted octanol–water partition coefficient (Wildman–Crippen LogP) is 1.58. The maximum atomic E-state index is 13.8. The van der Waals surface area contributed by atoms with Crippen molar-refractivity contribution in [3.05, 3.63) is 69.9 Å². The van der Waals surface area contributed by atoms with Crippen molar-refractivity contribution in [2.24, 2.45) is 5.92 Å². The molecular formula is C18H19FN2O3. The highest BCUT2D eigenvalue weighted by atomic mass is 19.1. The van der Waals surface area contributed by atoms with Gasteiger partial charge in [-0.25, -0.2) is 4.39 Å². The summed E-state index contributed by atoms with van der Waals surface area (Å²) in [7, 11) is 0. The van der Waals surface area contributed by atoms with E-state index in [0.29, 0.717) is 31.5 Å². The number of nitrogens with one attached hydrogen (secondary N) is 1. The number of rotatable bonds is 3. The first-order valence-corrected chi connectivity index (χ1v) is 7.94. The zero-order valence-corrected chi connectivity index (χ0v) is 13.1. The summed E-state index contributed by atoms with van der Waals surface area (Å²) in [6.45, 7) is 0.732.